The number of nitrogen functional groups attached to an aromatic ring is 1. The minimum absolute atomic E-state index is 0.417. The quantitative estimate of drug-likeness (QED) is 0.663. The van der Waals surface area contributed by atoms with E-state index in [2.05, 4.69) is 19.9 Å². The van der Waals surface area contributed by atoms with Crippen LogP contribution in [-0.4, -0.2) is 19.9 Å². The molecular formula is C12H11N5. The van der Waals surface area contributed by atoms with Gasteiger partial charge in [-0.05, 0) is 6.92 Å². The van der Waals surface area contributed by atoms with E-state index in [4.69, 9.17) is 5.73 Å². The monoisotopic (exact) mass is 225 g/mol. The van der Waals surface area contributed by atoms with Gasteiger partial charge in [-0.25, -0.2) is 15.0 Å². The number of imidazole rings is 1. The zero-order valence-corrected chi connectivity index (χ0v) is 9.31. The Bertz CT molecular complexity index is 669. The van der Waals surface area contributed by atoms with Crippen molar-refractivity contribution in [2.75, 3.05) is 5.73 Å². The Balaban J connectivity index is 2.18. The predicted molar refractivity (Wildman–Crippen MR) is 66.3 cm³/mol. The first kappa shape index (κ1) is 9.77. The highest BCUT2D eigenvalue weighted by atomic mass is 15.0. The van der Waals surface area contributed by atoms with Gasteiger partial charge in [-0.2, -0.15) is 0 Å². The highest BCUT2D eigenvalue weighted by molar-refractivity contribution is 5.84. The highest BCUT2D eigenvalue weighted by Gasteiger charge is 2.08. The SMILES string of the molecule is Cc1ccc(-c2nc3ncnc(N)c3[nH]2)cc1. The van der Waals surface area contributed by atoms with Gasteiger partial charge in [0.05, 0.1) is 0 Å². The topological polar surface area (TPSA) is 80.5 Å². The summed E-state index contributed by atoms with van der Waals surface area (Å²) in [6.45, 7) is 2.05. The van der Waals surface area contributed by atoms with Crippen LogP contribution in [0.3, 0.4) is 0 Å². The Hall–Kier alpha value is -2.43. The van der Waals surface area contributed by atoms with Crippen LogP contribution in [0.15, 0.2) is 30.6 Å². The predicted octanol–water partition coefficient (Wildman–Crippen LogP) is 1.91. The average Bonchev–Trinajstić information content (AvgIpc) is 2.75. The first-order valence-corrected chi connectivity index (χ1v) is 5.27. The molecule has 0 radical (unpaired) electrons. The molecule has 0 amide bonds. The molecule has 3 rings (SSSR count). The Morgan fingerprint density at radius 1 is 1.12 bits per heavy atom. The Labute approximate surface area is 97.7 Å². The Morgan fingerprint density at radius 2 is 1.88 bits per heavy atom. The van der Waals surface area contributed by atoms with E-state index in [0.29, 0.717) is 17.0 Å². The zero-order chi connectivity index (χ0) is 11.8. The summed E-state index contributed by atoms with van der Waals surface area (Å²) in [5.74, 6) is 1.17. The molecule has 0 aliphatic heterocycles. The summed E-state index contributed by atoms with van der Waals surface area (Å²) >= 11 is 0. The molecule has 0 bridgehead atoms. The standard InChI is InChI=1S/C12H11N5/c1-7-2-4-8(5-3-7)11-16-9-10(13)14-6-15-12(9)17-11/h2-6H,1H3,(H3,13,14,15,16,17). The maximum atomic E-state index is 5.75. The van der Waals surface area contributed by atoms with Gasteiger partial charge in [-0.15, -0.1) is 0 Å². The number of rotatable bonds is 1. The lowest BCUT2D eigenvalue weighted by Crippen LogP contribution is -1.91. The third-order valence-electron chi connectivity index (χ3n) is 2.64. The third kappa shape index (κ3) is 1.61. The van der Waals surface area contributed by atoms with Crippen LogP contribution in [0.25, 0.3) is 22.6 Å². The van der Waals surface area contributed by atoms with E-state index in [9.17, 15) is 0 Å². The maximum Gasteiger partial charge on any atom is 0.183 e. The van der Waals surface area contributed by atoms with Crippen LogP contribution in [0.2, 0.25) is 0 Å². The molecule has 3 aromatic rings. The summed E-state index contributed by atoms with van der Waals surface area (Å²) in [6.07, 6.45) is 1.41. The third-order valence-corrected chi connectivity index (χ3v) is 2.64. The number of anilines is 1. The lowest BCUT2D eigenvalue weighted by molar-refractivity contribution is 1.21. The van der Waals surface area contributed by atoms with Crippen LogP contribution < -0.4 is 5.73 Å². The fourth-order valence-electron chi connectivity index (χ4n) is 1.69. The number of aryl methyl sites for hydroxylation is 1. The summed E-state index contributed by atoms with van der Waals surface area (Å²) in [5, 5.41) is 0. The van der Waals surface area contributed by atoms with Crippen LogP contribution in [-0.2, 0) is 0 Å². The average molecular weight is 225 g/mol. The van der Waals surface area contributed by atoms with Gasteiger partial charge in [0.15, 0.2) is 11.5 Å². The van der Waals surface area contributed by atoms with E-state index in [1.807, 2.05) is 31.2 Å². The molecule has 17 heavy (non-hydrogen) atoms. The molecular weight excluding hydrogens is 214 g/mol. The van der Waals surface area contributed by atoms with E-state index in [1.54, 1.807) is 0 Å². The number of nitrogens with one attached hydrogen (secondary N) is 1. The lowest BCUT2D eigenvalue weighted by atomic mass is 10.1. The van der Waals surface area contributed by atoms with Crippen molar-refractivity contribution in [2.45, 2.75) is 6.92 Å². The maximum absolute atomic E-state index is 5.75. The Morgan fingerprint density at radius 3 is 2.59 bits per heavy atom. The van der Waals surface area contributed by atoms with Crippen molar-refractivity contribution in [3.8, 4) is 11.4 Å². The molecule has 0 aliphatic rings. The number of hydrogen-bond acceptors (Lipinski definition) is 4. The fraction of sp³-hybridized carbons (Fsp3) is 0.0833. The molecule has 2 heterocycles. The molecule has 2 aromatic heterocycles. The zero-order valence-electron chi connectivity index (χ0n) is 9.31. The van der Waals surface area contributed by atoms with Crippen molar-refractivity contribution in [3.63, 3.8) is 0 Å². The van der Waals surface area contributed by atoms with Gasteiger partial charge in [-0.1, -0.05) is 29.8 Å². The second kappa shape index (κ2) is 3.55. The molecule has 0 spiro atoms. The first-order chi connectivity index (χ1) is 8.24. The summed E-state index contributed by atoms with van der Waals surface area (Å²) < 4.78 is 0. The van der Waals surface area contributed by atoms with Crippen LogP contribution >= 0.6 is 0 Å². The molecule has 0 aliphatic carbocycles. The van der Waals surface area contributed by atoms with Gasteiger partial charge in [0.1, 0.15) is 17.7 Å². The smallest absolute Gasteiger partial charge is 0.183 e. The van der Waals surface area contributed by atoms with Crippen molar-refractivity contribution in [3.05, 3.63) is 36.2 Å². The number of fused-ring (bicyclic) bond motifs is 1. The van der Waals surface area contributed by atoms with E-state index in [0.717, 1.165) is 11.4 Å². The number of aromatic amines is 1. The summed E-state index contributed by atoms with van der Waals surface area (Å²) in [4.78, 5) is 15.5. The van der Waals surface area contributed by atoms with Crippen molar-refractivity contribution >= 4 is 17.0 Å². The summed E-state index contributed by atoms with van der Waals surface area (Å²) in [5.41, 5.74) is 9.24. The minimum atomic E-state index is 0.417. The molecule has 84 valence electrons. The van der Waals surface area contributed by atoms with Gasteiger partial charge >= 0.3 is 0 Å². The lowest BCUT2D eigenvalue weighted by Gasteiger charge is -1.96. The second-order valence-electron chi connectivity index (χ2n) is 3.91. The largest absolute Gasteiger partial charge is 0.382 e. The van der Waals surface area contributed by atoms with Gasteiger partial charge in [0.2, 0.25) is 0 Å². The molecule has 0 unspecified atom stereocenters. The number of H-pyrrole nitrogens is 1. The van der Waals surface area contributed by atoms with E-state index < -0.39 is 0 Å². The Kier molecular flexibility index (Phi) is 2.04. The van der Waals surface area contributed by atoms with E-state index in [1.165, 1.54) is 11.9 Å². The number of hydrogen-bond donors (Lipinski definition) is 2. The van der Waals surface area contributed by atoms with Crippen molar-refractivity contribution in [1.82, 2.24) is 19.9 Å². The summed E-state index contributed by atoms with van der Waals surface area (Å²) in [6, 6.07) is 8.10. The van der Waals surface area contributed by atoms with Crippen molar-refractivity contribution < 1.29 is 0 Å². The van der Waals surface area contributed by atoms with Gasteiger partial charge < -0.3 is 10.7 Å². The van der Waals surface area contributed by atoms with Gasteiger partial charge in [0, 0.05) is 5.56 Å². The molecule has 3 N–H and O–H groups in total. The van der Waals surface area contributed by atoms with Crippen LogP contribution in [0.4, 0.5) is 5.82 Å². The number of aromatic nitrogens is 4. The van der Waals surface area contributed by atoms with Crippen LogP contribution in [0, 0.1) is 6.92 Å². The highest BCUT2D eigenvalue weighted by Crippen LogP contribution is 2.21. The van der Waals surface area contributed by atoms with E-state index >= 15 is 0 Å². The molecule has 5 nitrogen and oxygen atoms in total. The van der Waals surface area contributed by atoms with Crippen molar-refractivity contribution in [2.24, 2.45) is 0 Å². The summed E-state index contributed by atoms with van der Waals surface area (Å²) in [7, 11) is 0. The fourth-order valence-corrected chi connectivity index (χ4v) is 1.69. The number of benzene rings is 1. The molecule has 5 heteroatoms. The molecule has 0 fully saturated rings. The van der Waals surface area contributed by atoms with E-state index in [-0.39, 0.29) is 0 Å². The van der Waals surface area contributed by atoms with Crippen LogP contribution in [0.1, 0.15) is 5.56 Å². The van der Waals surface area contributed by atoms with Crippen molar-refractivity contribution in [1.29, 1.82) is 0 Å². The molecule has 0 atom stereocenters. The molecule has 0 saturated carbocycles. The molecule has 1 aromatic carbocycles. The molecule has 0 saturated heterocycles. The van der Waals surface area contributed by atoms with Gasteiger partial charge in [0.25, 0.3) is 0 Å². The number of nitrogens with zero attached hydrogens (tertiary/aromatic N) is 3. The normalized spacial score (nSPS) is 10.9. The first-order valence-electron chi connectivity index (χ1n) is 5.27. The van der Waals surface area contributed by atoms with Crippen LogP contribution in [0.5, 0.6) is 0 Å². The minimum Gasteiger partial charge on any atom is -0.382 e. The second-order valence-corrected chi connectivity index (χ2v) is 3.91. The van der Waals surface area contributed by atoms with Gasteiger partial charge in [-0.3, -0.25) is 0 Å². The number of nitrogens with two attached hydrogens (primary N) is 1.